The Morgan fingerprint density at radius 2 is 1.80 bits per heavy atom. The highest BCUT2D eigenvalue weighted by atomic mass is 16.2. The lowest BCUT2D eigenvalue weighted by atomic mass is 10.2. The first-order chi connectivity index (χ1) is 14.4. The number of aromatic nitrogens is 1. The summed E-state index contributed by atoms with van der Waals surface area (Å²) in [7, 11) is 1.99. The third kappa shape index (κ3) is 7.58. The molecule has 6 heteroatoms. The third-order valence-corrected chi connectivity index (χ3v) is 5.02. The molecule has 2 aromatic rings. The predicted molar refractivity (Wildman–Crippen MR) is 121 cm³/mol. The monoisotopic (exact) mass is 412 g/mol. The minimum absolute atomic E-state index is 0.0137. The zero-order chi connectivity index (χ0) is 21.9. The van der Waals surface area contributed by atoms with Crippen LogP contribution in [0.5, 0.6) is 0 Å². The van der Waals surface area contributed by atoms with E-state index < -0.39 is 0 Å². The maximum absolute atomic E-state index is 13.2. The summed E-state index contributed by atoms with van der Waals surface area (Å²) in [6, 6.07) is 13.6. The van der Waals surface area contributed by atoms with Gasteiger partial charge in [0.2, 0.25) is 5.91 Å². The van der Waals surface area contributed by atoms with Gasteiger partial charge in [-0.05, 0) is 30.0 Å². The molecule has 0 radical (unpaired) electrons. The fourth-order valence-corrected chi connectivity index (χ4v) is 3.31. The van der Waals surface area contributed by atoms with E-state index in [4.69, 9.17) is 0 Å². The second kappa shape index (κ2) is 12.1. The highest BCUT2D eigenvalue weighted by molar-refractivity contribution is 5.84. The molecular formula is C24H36N4O2. The van der Waals surface area contributed by atoms with Gasteiger partial charge in [-0.3, -0.25) is 4.79 Å². The van der Waals surface area contributed by atoms with Crippen molar-refractivity contribution in [1.29, 1.82) is 0 Å². The summed E-state index contributed by atoms with van der Waals surface area (Å²) in [5, 5.41) is 2.96. The van der Waals surface area contributed by atoms with Crippen molar-refractivity contribution in [3.05, 3.63) is 59.9 Å². The van der Waals surface area contributed by atoms with Crippen LogP contribution < -0.4 is 5.32 Å². The Balaban J connectivity index is 2.04. The minimum Gasteiger partial charge on any atom is -0.353 e. The molecule has 0 fully saturated rings. The Kier molecular flexibility index (Phi) is 9.45. The second-order valence-electron chi connectivity index (χ2n) is 8.20. The van der Waals surface area contributed by atoms with E-state index in [-0.39, 0.29) is 24.4 Å². The van der Waals surface area contributed by atoms with Crippen molar-refractivity contribution in [2.75, 3.05) is 19.6 Å². The van der Waals surface area contributed by atoms with E-state index in [1.54, 1.807) is 4.90 Å². The van der Waals surface area contributed by atoms with Gasteiger partial charge in [0, 0.05) is 38.6 Å². The van der Waals surface area contributed by atoms with E-state index in [9.17, 15) is 9.59 Å². The van der Waals surface area contributed by atoms with Gasteiger partial charge in [-0.15, -0.1) is 0 Å². The van der Waals surface area contributed by atoms with E-state index in [0.717, 1.165) is 24.1 Å². The molecule has 30 heavy (non-hydrogen) atoms. The zero-order valence-electron chi connectivity index (χ0n) is 18.8. The van der Waals surface area contributed by atoms with Gasteiger partial charge >= 0.3 is 6.03 Å². The molecule has 1 N–H and O–H groups in total. The van der Waals surface area contributed by atoms with Crippen LogP contribution >= 0.6 is 0 Å². The molecule has 0 saturated heterocycles. The molecule has 0 saturated carbocycles. The number of urea groups is 1. The van der Waals surface area contributed by atoms with Gasteiger partial charge < -0.3 is 19.7 Å². The van der Waals surface area contributed by atoms with Crippen molar-refractivity contribution in [3.63, 3.8) is 0 Å². The Morgan fingerprint density at radius 3 is 2.40 bits per heavy atom. The molecule has 6 nitrogen and oxygen atoms in total. The van der Waals surface area contributed by atoms with E-state index in [1.807, 2.05) is 65.2 Å². The van der Waals surface area contributed by atoms with Crippen LogP contribution in [-0.4, -0.2) is 45.9 Å². The van der Waals surface area contributed by atoms with Crippen LogP contribution in [0, 0.1) is 5.92 Å². The average Bonchev–Trinajstić information content (AvgIpc) is 3.13. The number of amides is 3. The fourth-order valence-electron chi connectivity index (χ4n) is 3.31. The molecule has 0 spiro atoms. The lowest BCUT2D eigenvalue weighted by Gasteiger charge is -2.29. The summed E-state index contributed by atoms with van der Waals surface area (Å²) in [5.74, 6) is 0.261. The van der Waals surface area contributed by atoms with E-state index in [0.29, 0.717) is 26.2 Å². The van der Waals surface area contributed by atoms with Crippen LogP contribution in [0.1, 0.15) is 44.9 Å². The molecular weight excluding hydrogens is 376 g/mol. The number of rotatable bonds is 11. The topological polar surface area (TPSA) is 57.6 Å². The van der Waals surface area contributed by atoms with Crippen LogP contribution in [-0.2, 0) is 24.9 Å². The number of nitrogens with zero attached hydrogens (tertiary/aromatic N) is 3. The number of hydrogen-bond acceptors (Lipinski definition) is 2. The van der Waals surface area contributed by atoms with Crippen LogP contribution in [0.3, 0.4) is 0 Å². The Hall–Kier alpha value is -2.76. The van der Waals surface area contributed by atoms with Crippen LogP contribution in [0.4, 0.5) is 4.79 Å². The Morgan fingerprint density at radius 1 is 1.07 bits per heavy atom. The van der Waals surface area contributed by atoms with Gasteiger partial charge in [-0.2, -0.15) is 0 Å². The van der Waals surface area contributed by atoms with Crippen molar-refractivity contribution < 1.29 is 9.59 Å². The molecule has 1 aromatic carbocycles. The highest BCUT2D eigenvalue weighted by Crippen LogP contribution is 2.09. The number of nitrogens with one attached hydrogen (secondary N) is 1. The lowest BCUT2D eigenvalue weighted by molar-refractivity contribution is -0.132. The summed E-state index contributed by atoms with van der Waals surface area (Å²) in [4.78, 5) is 29.5. The van der Waals surface area contributed by atoms with Crippen LogP contribution in [0.2, 0.25) is 0 Å². The molecule has 0 atom stereocenters. The lowest BCUT2D eigenvalue weighted by Crippen LogP contribution is -2.48. The largest absolute Gasteiger partial charge is 0.353 e. The number of unbranched alkanes of at least 4 members (excludes halogenated alkanes) is 1. The quantitative estimate of drug-likeness (QED) is 0.606. The summed E-state index contributed by atoms with van der Waals surface area (Å²) in [5.41, 5.74) is 2.12. The first kappa shape index (κ1) is 23.5. The maximum Gasteiger partial charge on any atom is 0.318 e. The van der Waals surface area contributed by atoms with Crippen molar-refractivity contribution >= 4 is 11.9 Å². The SMILES string of the molecule is CCCCN(Cc1cccn1C)C(=O)CN(CC(C)C)C(=O)NCc1ccccc1. The Labute approximate surface area is 180 Å². The van der Waals surface area contributed by atoms with Crippen LogP contribution in [0.15, 0.2) is 48.7 Å². The molecule has 0 unspecified atom stereocenters. The number of carbonyl (C=O) groups is 2. The normalized spacial score (nSPS) is 10.8. The van der Waals surface area contributed by atoms with Gasteiger partial charge in [-0.25, -0.2) is 4.79 Å². The van der Waals surface area contributed by atoms with Crippen molar-refractivity contribution in [2.45, 2.75) is 46.7 Å². The van der Waals surface area contributed by atoms with Gasteiger partial charge in [0.05, 0.1) is 6.54 Å². The summed E-state index contributed by atoms with van der Waals surface area (Å²) >= 11 is 0. The summed E-state index contributed by atoms with van der Waals surface area (Å²) in [6.45, 7) is 8.57. The number of aryl methyl sites for hydroxylation is 1. The van der Waals surface area contributed by atoms with Crippen molar-refractivity contribution in [1.82, 2.24) is 19.7 Å². The van der Waals surface area contributed by atoms with Gasteiger partial charge in [0.15, 0.2) is 0 Å². The standard InChI is InChI=1S/C24H36N4O2/c1-5-6-15-27(18-22-13-10-14-26(22)4)23(29)19-28(17-20(2)3)24(30)25-16-21-11-8-7-9-12-21/h7-14,20H,5-6,15-19H2,1-4H3,(H,25,30). The van der Waals surface area contributed by atoms with E-state index in [1.165, 1.54) is 0 Å². The molecule has 1 heterocycles. The summed E-state index contributed by atoms with van der Waals surface area (Å²) < 4.78 is 2.03. The minimum atomic E-state index is -0.199. The molecule has 0 bridgehead atoms. The van der Waals surface area contributed by atoms with Crippen molar-refractivity contribution in [3.8, 4) is 0 Å². The Bertz CT molecular complexity index is 786. The van der Waals surface area contributed by atoms with E-state index in [2.05, 4.69) is 26.1 Å². The molecule has 0 aliphatic rings. The average molecular weight is 413 g/mol. The smallest absolute Gasteiger partial charge is 0.318 e. The zero-order valence-corrected chi connectivity index (χ0v) is 18.8. The molecule has 3 amide bonds. The van der Waals surface area contributed by atoms with Gasteiger partial charge in [0.1, 0.15) is 6.54 Å². The fraction of sp³-hybridized carbons (Fsp3) is 0.500. The molecule has 0 aliphatic heterocycles. The molecule has 0 aliphatic carbocycles. The highest BCUT2D eigenvalue weighted by Gasteiger charge is 2.22. The molecule has 164 valence electrons. The number of carbonyl (C=O) groups excluding carboxylic acids is 2. The van der Waals surface area contributed by atoms with Gasteiger partial charge in [0.25, 0.3) is 0 Å². The third-order valence-electron chi connectivity index (χ3n) is 5.02. The first-order valence-electron chi connectivity index (χ1n) is 10.8. The molecule has 1 aromatic heterocycles. The van der Waals surface area contributed by atoms with Gasteiger partial charge in [-0.1, -0.05) is 57.5 Å². The van der Waals surface area contributed by atoms with E-state index >= 15 is 0 Å². The van der Waals surface area contributed by atoms with Crippen molar-refractivity contribution in [2.24, 2.45) is 13.0 Å². The summed E-state index contributed by atoms with van der Waals surface area (Å²) in [6.07, 6.45) is 3.95. The number of benzene rings is 1. The second-order valence-corrected chi connectivity index (χ2v) is 8.20. The predicted octanol–water partition coefficient (Wildman–Crippen LogP) is 4.02. The van der Waals surface area contributed by atoms with Crippen LogP contribution in [0.25, 0.3) is 0 Å². The molecule has 2 rings (SSSR count). The maximum atomic E-state index is 13.2. The first-order valence-corrected chi connectivity index (χ1v) is 10.8. The number of hydrogen-bond donors (Lipinski definition) is 1.